The van der Waals surface area contributed by atoms with Gasteiger partial charge in [0.05, 0.1) is 10.9 Å². The summed E-state index contributed by atoms with van der Waals surface area (Å²) in [6, 6.07) is 12.8. The van der Waals surface area contributed by atoms with Crippen LogP contribution in [0.5, 0.6) is 5.75 Å². The molecular weight excluding hydrogens is 382 g/mol. The topological polar surface area (TPSA) is 106 Å². The molecule has 0 atom stereocenters. The summed E-state index contributed by atoms with van der Waals surface area (Å²) < 4.78 is 5.69. The molecule has 0 saturated heterocycles. The quantitative estimate of drug-likeness (QED) is 0.587. The smallest absolute Gasteiger partial charge is 0.249 e. The highest BCUT2D eigenvalue weighted by molar-refractivity contribution is 5.92. The minimum atomic E-state index is -0.393. The molecule has 2 N–H and O–H groups in total. The SMILES string of the molecule is O=C1/C=C\COc2ccc3ncnc(c3c2)/N=c2/cccc/c2=C/NC(=O)/C=C\N1. The summed E-state index contributed by atoms with van der Waals surface area (Å²) in [4.78, 5) is 37.0. The third kappa shape index (κ3) is 4.56. The van der Waals surface area contributed by atoms with Crippen LogP contribution in [0.15, 0.2) is 78.2 Å². The van der Waals surface area contributed by atoms with Gasteiger partial charge in [0.15, 0.2) is 5.82 Å². The van der Waals surface area contributed by atoms with Crippen LogP contribution < -0.4 is 25.9 Å². The molecule has 2 aromatic carbocycles. The Morgan fingerprint density at radius 2 is 1.80 bits per heavy atom. The fraction of sp³-hybridized carbons (Fsp3) is 0.0455. The number of carbonyl (C=O) groups excluding carboxylic acids is 2. The maximum atomic E-state index is 12.0. The zero-order chi connectivity index (χ0) is 20.8. The van der Waals surface area contributed by atoms with Crippen molar-refractivity contribution in [3.63, 3.8) is 0 Å². The third-order valence-electron chi connectivity index (χ3n) is 4.19. The molecule has 0 fully saturated rings. The van der Waals surface area contributed by atoms with E-state index in [0.29, 0.717) is 22.1 Å². The van der Waals surface area contributed by atoms with Crippen molar-refractivity contribution in [3.8, 4) is 5.75 Å². The van der Waals surface area contributed by atoms with Gasteiger partial charge in [0.25, 0.3) is 0 Å². The lowest BCUT2D eigenvalue weighted by Crippen LogP contribution is -2.29. The van der Waals surface area contributed by atoms with E-state index in [1.165, 1.54) is 24.7 Å². The second-order valence-electron chi connectivity index (χ2n) is 6.26. The molecule has 1 aromatic heterocycles. The molecule has 0 saturated carbocycles. The van der Waals surface area contributed by atoms with E-state index >= 15 is 0 Å². The van der Waals surface area contributed by atoms with E-state index in [9.17, 15) is 9.59 Å². The first-order chi connectivity index (χ1) is 14.7. The predicted molar refractivity (Wildman–Crippen MR) is 111 cm³/mol. The van der Waals surface area contributed by atoms with E-state index in [2.05, 4.69) is 25.6 Å². The number of nitrogens with zero attached hydrogens (tertiary/aromatic N) is 3. The van der Waals surface area contributed by atoms with Crippen LogP contribution in [0, 0.1) is 0 Å². The Hall–Kier alpha value is -4.33. The maximum Gasteiger partial charge on any atom is 0.249 e. The first-order valence-electron chi connectivity index (χ1n) is 9.15. The summed E-state index contributed by atoms with van der Waals surface area (Å²) in [5.41, 5.74) is 0.723. The Bertz CT molecular complexity index is 1300. The minimum absolute atomic E-state index is 0.196. The number of amides is 2. The Balaban J connectivity index is 1.86. The van der Waals surface area contributed by atoms with Crippen molar-refractivity contribution >= 4 is 34.7 Å². The summed E-state index contributed by atoms with van der Waals surface area (Å²) in [5, 5.41) is 7.19. The van der Waals surface area contributed by atoms with E-state index < -0.39 is 5.91 Å². The molecule has 8 nitrogen and oxygen atoms in total. The van der Waals surface area contributed by atoms with E-state index in [1.807, 2.05) is 36.4 Å². The monoisotopic (exact) mass is 399 g/mol. The van der Waals surface area contributed by atoms with Gasteiger partial charge in [-0.2, -0.15) is 0 Å². The van der Waals surface area contributed by atoms with Crippen LogP contribution in [0.2, 0.25) is 0 Å². The lowest BCUT2D eigenvalue weighted by Gasteiger charge is -2.06. The van der Waals surface area contributed by atoms with Crippen LogP contribution in [-0.2, 0) is 9.59 Å². The lowest BCUT2D eigenvalue weighted by atomic mass is 10.2. The molecule has 1 aliphatic rings. The summed E-state index contributed by atoms with van der Waals surface area (Å²) in [7, 11) is 0. The highest BCUT2D eigenvalue weighted by Gasteiger charge is 2.05. The van der Waals surface area contributed by atoms with Crippen LogP contribution in [0.25, 0.3) is 17.1 Å². The molecule has 0 radical (unpaired) electrons. The average molecular weight is 399 g/mol. The second-order valence-corrected chi connectivity index (χ2v) is 6.26. The Morgan fingerprint density at radius 1 is 0.933 bits per heavy atom. The Morgan fingerprint density at radius 3 is 2.73 bits per heavy atom. The van der Waals surface area contributed by atoms with E-state index in [4.69, 9.17) is 4.74 Å². The van der Waals surface area contributed by atoms with Gasteiger partial charge >= 0.3 is 0 Å². The number of fused-ring (bicyclic) bond motifs is 2. The van der Waals surface area contributed by atoms with Gasteiger partial charge in [0.2, 0.25) is 11.8 Å². The van der Waals surface area contributed by atoms with Gasteiger partial charge in [-0.3, -0.25) is 9.59 Å². The van der Waals surface area contributed by atoms with Gasteiger partial charge in [-0.15, -0.1) is 0 Å². The standard InChI is InChI=1S/C22H17N5O3/c28-20-6-3-11-30-16-7-8-19-17(12-16)22(26-14-25-19)27-18-5-2-1-4-15(18)13-24-21(29)9-10-23-20/h1-10,12-14H,11H2,(H,23,28)(H,24,29)/b6-3-,10-9-,15-13-,27-18-. The first-order valence-corrected chi connectivity index (χ1v) is 9.15. The van der Waals surface area contributed by atoms with Gasteiger partial charge in [-0.25, -0.2) is 15.0 Å². The summed E-state index contributed by atoms with van der Waals surface area (Å²) in [6.07, 6.45) is 8.41. The van der Waals surface area contributed by atoms with Crippen molar-refractivity contribution < 1.29 is 14.3 Å². The molecule has 1 aliphatic heterocycles. The fourth-order valence-corrected chi connectivity index (χ4v) is 2.77. The van der Waals surface area contributed by atoms with Crippen molar-refractivity contribution in [2.45, 2.75) is 0 Å². The molecule has 8 heteroatoms. The highest BCUT2D eigenvalue weighted by Crippen LogP contribution is 2.25. The number of nitrogens with one attached hydrogen (secondary N) is 2. The van der Waals surface area contributed by atoms with Crippen molar-refractivity contribution in [2.24, 2.45) is 4.99 Å². The van der Waals surface area contributed by atoms with Crippen LogP contribution >= 0.6 is 0 Å². The summed E-state index contributed by atoms with van der Waals surface area (Å²) in [6.45, 7) is 0.196. The summed E-state index contributed by atoms with van der Waals surface area (Å²) >= 11 is 0. The van der Waals surface area contributed by atoms with Gasteiger partial charge in [-0.1, -0.05) is 18.2 Å². The van der Waals surface area contributed by atoms with Crippen LogP contribution in [0.4, 0.5) is 5.82 Å². The third-order valence-corrected chi connectivity index (χ3v) is 4.19. The number of rotatable bonds is 0. The van der Waals surface area contributed by atoms with Gasteiger partial charge in [0.1, 0.15) is 18.7 Å². The average Bonchev–Trinajstić information content (AvgIpc) is 2.76. The molecule has 0 spiro atoms. The zero-order valence-corrected chi connectivity index (χ0v) is 15.8. The number of hydrogen-bond donors (Lipinski definition) is 2. The predicted octanol–water partition coefficient (Wildman–Crippen LogP) is 1.01. The Labute approximate surface area is 171 Å². The van der Waals surface area contributed by atoms with E-state index in [0.717, 1.165) is 10.9 Å². The van der Waals surface area contributed by atoms with Gasteiger partial charge < -0.3 is 15.4 Å². The largest absolute Gasteiger partial charge is 0.490 e. The first kappa shape index (κ1) is 19.0. The summed E-state index contributed by atoms with van der Waals surface area (Å²) in [5.74, 6) is 0.322. The van der Waals surface area contributed by atoms with Crippen LogP contribution in [-0.4, -0.2) is 28.4 Å². The zero-order valence-electron chi connectivity index (χ0n) is 15.8. The molecule has 4 rings (SSSR count). The number of carbonyl (C=O) groups is 2. The number of hydrogen-bond acceptors (Lipinski definition) is 6. The number of para-hydroxylation sites is 1. The van der Waals surface area contributed by atoms with Crippen LogP contribution in [0.3, 0.4) is 0 Å². The molecule has 2 bridgehead atoms. The molecule has 2 heterocycles. The van der Waals surface area contributed by atoms with Crippen molar-refractivity contribution in [1.29, 1.82) is 0 Å². The number of ether oxygens (including phenoxy) is 1. The molecular formula is C22H17N5O3. The van der Waals surface area contributed by atoms with Crippen LogP contribution in [0.1, 0.15) is 0 Å². The van der Waals surface area contributed by atoms with Gasteiger partial charge in [-0.05, 0) is 30.3 Å². The molecule has 148 valence electrons. The van der Waals surface area contributed by atoms with Crippen molar-refractivity contribution in [1.82, 2.24) is 20.6 Å². The molecule has 0 aliphatic carbocycles. The highest BCUT2D eigenvalue weighted by atomic mass is 16.5. The molecule has 30 heavy (non-hydrogen) atoms. The second kappa shape index (κ2) is 8.78. The Kier molecular flexibility index (Phi) is 5.56. The van der Waals surface area contributed by atoms with E-state index in [-0.39, 0.29) is 12.5 Å². The van der Waals surface area contributed by atoms with Crippen molar-refractivity contribution in [2.75, 3.05) is 6.61 Å². The molecule has 2 amide bonds. The molecule has 3 aromatic rings. The van der Waals surface area contributed by atoms with Crippen molar-refractivity contribution in [3.05, 3.63) is 83.8 Å². The fourth-order valence-electron chi connectivity index (χ4n) is 2.77. The molecule has 0 unspecified atom stereocenters. The number of benzene rings is 2. The lowest BCUT2D eigenvalue weighted by molar-refractivity contribution is -0.115. The minimum Gasteiger partial charge on any atom is -0.490 e. The number of aromatic nitrogens is 2. The maximum absolute atomic E-state index is 12.0. The normalized spacial score (nSPS) is 18.8. The van der Waals surface area contributed by atoms with Gasteiger partial charge in [0, 0.05) is 35.2 Å². The van der Waals surface area contributed by atoms with E-state index in [1.54, 1.807) is 18.3 Å².